The molecule has 0 aliphatic rings. The number of benzene rings is 2. The molecule has 4 nitrogen and oxygen atoms in total. The molecular weight excluding hydrogens is 440 g/mol. The van der Waals surface area contributed by atoms with Gasteiger partial charge in [0.1, 0.15) is 10.6 Å². The van der Waals surface area contributed by atoms with Crippen molar-refractivity contribution < 1.29 is 23.5 Å². The lowest BCUT2D eigenvalue weighted by Gasteiger charge is -2.15. The Morgan fingerprint density at radius 3 is 2.42 bits per heavy atom. The SMILES string of the molecule is C=CCC(F)(F)c1ccc(-c2csc(NC(=O)CSc3ccccc3)c2C(=O)O)cc1. The van der Waals surface area contributed by atoms with Crippen molar-refractivity contribution in [1.82, 2.24) is 0 Å². The normalized spacial score (nSPS) is 11.2. The molecule has 1 heterocycles. The third-order valence-corrected chi connectivity index (χ3v) is 6.30. The Morgan fingerprint density at radius 2 is 1.81 bits per heavy atom. The third-order valence-electron chi connectivity index (χ3n) is 4.39. The van der Waals surface area contributed by atoms with Gasteiger partial charge in [0.2, 0.25) is 5.91 Å². The van der Waals surface area contributed by atoms with Gasteiger partial charge in [-0.1, -0.05) is 48.5 Å². The molecule has 0 bridgehead atoms. The molecule has 8 heteroatoms. The number of rotatable bonds is 9. The summed E-state index contributed by atoms with van der Waals surface area (Å²) in [4.78, 5) is 25.1. The highest BCUT2D eigenvalue weighted by atomic mass is 32.2. The second-order valence-corrected chi connectivity index (χ2v) is 8.51. The predicted octanol–water partition coefficient (Wildman–Crippen LogP) is 6.51. The molecular formula is C23H19F2NO3S2. The second-order valence-electron chi connectivity index (χ2n) is 6.58. The van der Waals surface area contributed by atoms with Crippen molar-refractivity contribution in [2.45, 2.75) is 17.2 Å². The van der Waals surface area contributed by atoms with E-state index in [4.69, 9.17) is 0 Å². The van der Waals surface area contributed by atoms with E-state index in [1.807, 2.05) is 30.3 Å². The van der Waals surface area contributed by atoms with Gasteiger partial charge in [0.15, 0.2) is 0 Å². The summed E-state index contributed by atoms with van der Waals surface area (Å²) in [7, 11) is 0. The lowest BCUT2D eigenvalue weighted by molar-refractivity contribution is -0.113. The first-order valence-electron chi connectivity index (χ1n) is 9.24. The lowest BCUT2D eigenvalue weighted by atomic mass is 9.99. The van der Waals surface area contributed by atoms with Crippen molar-refractivity contribution in [3.8, 4) is 11.1 Å². The number of carbonyl (C=O) groups excluding carboxylic acids is 1. The number of alkyl halides is 2. The van der Waals surface area contributed by atoms with Gasteiger partial charge in [-0.2, -0.15) is 0 Å². The van der Waals surface area contributed by atoms with Crippen LogP contribution in [0, 0.1) is 0 Å². The Bertz CT molecular complexity index is 1080. The molecule has 160 valence electrons. The average Bonchev–Trinajstić information content (AvgIpc) is 3.17. The largest absolute Gasteiger partial charge is 0.478 e. The number of carbonyl (C=O) groups is 2. The average molecular weight is 460 g/mol. The Balaban J connectivity index is 1.78. The third kappa shape index (κ3) is 5.59. The molecule has 0 saturated carbocycles. The Morgan fingerprint density at radius 1 is 1.13 bits per heavy atom. The predicted molar refractivity (Wildman–Crippen MR) is 121 cm³/mol. The van der Waals surface area contributed by atoms with E-state index in [1.165, 1.54) is 36.0 Å². The zero-order valence-corrected chi connectivity index (χ0v) is 17.9. The van der Waals surface area contributed by atoms with Gasteiger partial charge in [-0.15, -0.1) is 29.7 Å². The number of amides is 1. The summed E-state index contributed by atoms with van der Waals surface area (Å²) < 4.78 is 28.1. The highest BCUT2D eigenvalue weighted by molar-refractivity contribution is 8.00. The van der Waals surface area contributed by atoms with Gasteiger partial charge in [0.25, 0.3) is 5.92 Å². The number of carboxylic acid groups (broad SMARTS) is 1. The first kappa shape index (κ1) is 22.7. The molecule has 0 radical (unpaired) electrons. The van der Waals surface area contributed by atoms with Crippen LogP contribution >= 0.6 is 23.1 Å². The van der Waals surface area contributed by atoms with E-state index in [0.29, 0.717) is 11.1 Å². The molecule has 0 unspecified atom stereocenters. The Hall–Kier alpha value is -2.97. The van der Waals surface area contributed by atoms with E-state index in [0.717, 1.165) is 22.3 Å². The van der Waals surface area contributed by atoms with E-state index in [2.05, 4.69) is 11.9 Å². The van der Waals surface area contributed by atoms with Gasteiger partial charge in [-0.05, 0) is 17.7 Å². The highest BCUT2D eigenvalue weighted by Gasteiger charge is 2.30. The summed E-state index contributed by atoms with van der Waals surface area (Å²) in [6.07, 6.45) is 0.669. The summed E-state index contributed by atoms with van der Waals surface area (Å²) in [5.41, 5.74) is 0.608. The van der Waals surface area contributed by atoms with Gasteiger partial charge in [0.05, 0.1) is 5.75 Å². The van der Waals surface area contributed by atoms with Crippen molar-refractivity contribution in [2.75, 3.05) is 11.1 Å². The van der Waals surface area contributed by atoms with Crippen LogP contribution in [0.5, 0.6) is 0 Å². The van der Waals surface area contributed by atoms with Crippen LogP contribution in [0.4, 0.5) is 13.8 Å². The Kier molecular flexibility index (Phi) is 7.25. The van der Waals surface area contributed by atoms with Crippen LogP contribution in [-0.2, 0) is 10.7 Å². The molecule has 0 aliphatic carbocycles. The minimum absolute atomic E-state index is 0.0614. The molecule has 2 aromatic carbocycles. The van der Waals surface area contributed by atoms with E-state index < -0.39 is 18.3 Å². The maximum atomic E-state index is 14.0. The summed E-state index contributed by atoms with van der Waals surface area (Å²) in [5.74, 6) is -4.45. The van der Waals surface area contributed by atoms with Crippen LogP contribution < -0.4 is 5.32 Å². The standard InChI is InChI=1S/C23H19F2NO3S2/c1-2-12-23(24,25)16-10-8-15(9-11-16)18-13-31-21(20(18)22(28)29)26-19(27)14-30-17-6-4-3-5-7-17/h2-11,13H,1,12,14H2,(H,26,27)(H,28,29). The first-order valence-corrected chi connectivity index (χ1v) is 11.1. The molecule has 2 N–H and O–H groups in total. The van der Waals surface area contributed by atoms with E-state index in [9.17, 15) is 23.5 Å². The van der Waals surface area contributed by atoms with Gasteiger partial charge >= 0.3 is 5.97 Å². The number of aromatic carboxylic acids is 1. The fraction of sp³-hybridized carbons (Fsp3) is 0.130. The van der Waals surface area contributed by atoms with Crippen LogP contribution in [0.15, 0.2) is 77.5 Å². The maximum absolute atomic E-state index is 14.0. The van der Waals surface area contributed by atoms with Crippen molar-refractivity contribution in [1.29, 1.82) is 0 Å². The second kappa shape index (κ2) is 9.89. The lowest BCUT2D eigenvalue weighted by Crippen LogP contribution is -2.15. The number of anilines is 1. The van der Waals surface area contributed by atoms with Crippen molar-refractivity contribution >= 4 is 40.0 Å². The summed E-state index contributed by atoms with van der Waals surface area (Å²) >= 11 is 2.42. The number of nitrogens with one attached hydrogen (secondary N) is 1. The number of halogens is 2. The molecule has 3 aromatic rings. The molecule has 1 amide bonds. The van der Waals surface area contributed by atoms with E-state index in [-0.39, 0.29) is 27.8 Å². The van der Waals surface area contributed by atoms with E-state index in [1.54, 1.807) is 5.38 Å². The summed E-state index contributed by atoms with van der Waals surface area (Å²) in [6.45, 7) is 3.34. The van der Waals surface area contributed by atoms with Gasteiger partial charge in [0, 0.05) is 27.8 Å². The van der Waals surface area contributed by atoms with Crippen LogP contribution in [0.25, 0.3) is 11.1 Å². The number of carboxylic acids is 1. The maximum Gasteiger partial charge on any atom is 0.339 e. The topological polar surface area (TPSA) is 66.4 Å². The smallest absolute Gasteiger partial charge is 0.339 e. The van der Waals surface area contributed by atoms with Crippen LogP contribution in [0.1, 0.15) is 22.3 Å². The monoisotopic (exact) mass is 459 g/mol. The fourth-order valence-electron chi connectivity index (χ4n) is 2.90. The number of allylic oxidation sites excluding steroid dienone is 1. The quantitative estimate of drug-likeness (QED) is 0.283. The first-order chi connectivity index (χ1) is 14.8. The van der Waals surface area contributed by atoms with Gasteiger partial charge < -0.3 is 10.4 Å². The number of thiophene rings is 1. The van der Waals surface area contributed by atoms with Crippen molar-refractivity contribution in [3.63, 3.8) is 0 Å². The minimum Gasteiger partial charge on any atom is -0.478 e. The molecule has 0 atom stereocenters. The van der Waals surface area contributed by atoms with Gasteiger partial charge in [-0.25, -0.2) is 13.6 Å². The van der Waals surface area contributed by atoms with Crippen LogP contribution in [0.2, 0.25) is 0 Å². The summed E-state index contributed by atoms with van der Waals surface area (Å²) in [5, 5.41) is 14.1. The number of hydrogen-bond donors (Lipinski definition) is 2. The number of hydrogen-bond acceptors (Lipinski definition) is 4. The summed E-state index contributed by atoms with van der Waals surface area (Å²) in [6, 6.07) is 14.8. The molecule has 3 rings (SSSR count). The molecule has 1 aromatic heterocycles. The minimum atomic E-state index is -3.04. The Labute approximate surface area is 186 Å². The van der Waals surface area contributed by atoms with Crippen LogP contribution in [-0.4, -0.2) is 22.7 Å². The zero-order valence-electron chi connectivity index (χ0n) is 16.3. The fourth-order valence-corrected chi connectivity index (χ4v) is 4.59. The number of thioether (sulfide) groups is 1. The molecule has 0 fully saturated rings. The van der Waals surface area contributed by atoms with Crippen molar-refractivity contribution in [2.24, 2.45) is 0 Å². The van der Waals surface area contributed by atoms with Gasteiger partial charge in [-0.3, -0.25) is 4.79 Å². The molecule has 31 heavy (non-hydrogen) atoms. The van der Waals surface area contributed by atoms with Crippen LogP contribution in [0.3, 0.4) is 0 Å². The van der Waals surface area contributed by atoms with Crippen molar-refractivity contribution in [3.05, 3.63) is 83.8 Å². The van der Waals surface area contributed by atoms with E-state index >= 15 is 0 Å². The zero-order chi connectivity index (χ0) is 22.4. The molecule has 0 spiro atoms. The highest BCUT2D eigenvalue weighted by Crippen LogP contribution is 2.38. The molecule has 0 saturated heterocycles. The molecule has 0 aliphatic heterocycles.